The van der Waals surface area contributed by atoms with E-state index in [4.69, 9.17) is 9.15 Å². The molecule has 5 heteroatoms. The molecular formula is C25H24N2O3. The Morgan fingerprint density at radius 1 is 1.07 bits per heavy atom. The number of carbonyl (C=O) groups excluding carboxylic acids is 1. The second-order valence-corrected chi connectivity index (χ2v) is 7.71. The van der Waals surface area contributed by atoms with Gasteiger partial charge in [0.2, 0.25) is 0 Å². The number of allylic oxidation sites excluding steroid dienone is 1. The Balaban J connectivity index is 1.67. The lowest BCUT2D eigenvalue weighted by atomic mass is 9.88. The van der Waals surface area contributed by atoms with Crippen LogP contribution in [0, 0.1) is 0 Å². The lowest BCUT2D eigenvalue weighted by Crippen LogP contribution is -2.32. The van der Waals surface area contributed by atoms with Gasteiger partial charge < -0.3 is 19.4 Å². The Kier molecular flexibility index (Phi) is 4.79. The first kappa shape index (κ1) is 18.6. The molecule has 2 aliphatic rings. The Hall–Kier alpha value is -3.47. The van der Waals surface area contributed by atoms with Crippen molar-refractivity contribution in [1.82, 2.24) is 0 Å². The van der Waals surface area contributed by atoms with E-state index in [0.29, 0.717) is 13.0 Å². The summed E-state index contributed by atoms with van der Waals surface area (Å²) in [5, 5.41) is 3.57. The first-order valence-corrected chi connectivity index (χ1v) is 10.3. The van der Waals surface area contributed by atoms with E-state index in [9.17, 15) is 4.79 Å². The van der Waals surface area contributed by atoms with Gasteiger partial charge in [0.25, 0.3) is 0 Å². The summed E-state index contributed by atoms with van der Waals surface area (Å²) in [6.45, 7) is 0.637. The van der Waals surface area contributed by atoms with Crippen molar-refractivity contribution in [2.24, 2.45) is 0 Å². The minimum Gasteiger partial charge on any atom is -0.497 e. The van der Waals surface area contributed by atoms with Crippen LogP contribution in [0.15, 0.2) is 82.6 Å². The van der Waals surface area contributed by atoms with Crippen LogP contribution < -0.4 is 15.0 Å². The van der Waals surface area contributed by atoms with E-state index in [1.54, 1.807) is 13.4 Å². The molecule has 1 aliphatic carbocycles. The predicted molar refractivity (Wildman–Crippen MR) is 117 cm³/mol. The second kappa shape index (κ2) is 7.75. The van der Waals surface area contributed by atoms with Crippen molar-refractivity contribution in [3.8, 4) is 5.75 Å². The maximum absolute atomic E-state index is 13.1. The number of methoxy groups -OCH3 is 1. The number of para-hydroxylation sites is 2. The summed E-state index contributed by atoms with van der Waals surface area (Å²) >= 11 is 0. The molecule has 1 unspecified atom stereocenters. The van der Waals surface area contributed by atoms with Gasteiger partial charge in [0.1, 0.15) is 17.6 Å². The number of nitrogens with one attached hydrogen (secondary N) is 1. The highest BCUT2D eigenvalue weighted by Gasteiger charge is 2.38. The zero-order valence-electron chi connectivity index (χ0n) is 16.9. The summed E-state index contributed by atoms with van der Waals surface area (Å²) in [5.41, 5.74) is 5.03. The number of ether oxygens (including phenoxy) is 1. The van der Waals surface area contributed by atoms with E-state index in [1.807, 2.05) is 36.4 Å². The fourth-order valence-corrected chi connectivity index (χ4v) is 4.44. The van der Waals surface area contributed by atoms with Gasteiger partial charge in [-0.15, -0.1) is 0 Å². The van der Waals surface area contributed by atoms with E-state index in [0.717, 1.165) is 52.6 Å². The maximum Gasteiger partial charge on any atom is 0.163 e. The van der Waals surface area contributed by atoms with Crippen LogP contribution in [0.4, 0.5) is 11.4 Å². The molecule has 30 heavy (non-hydrogen) atoms. The highest BCUT2D eigenvalue weighted by molar-refractivity contribution is 6.00. The number of ketones is 1. The van der Waals surface area contributed by atoms with E-state index in [2.05, 4.69) is 34.5 Å². The Morgan fingerprint density at radius 2 is 1.90 bits per heavy atom. The van der Waals surface area contributed by atoms with Gasteiger partial charge in [0, 0.05) is 24.2 Å². The average molecular weight is 400 g/mol. The molecule has 1 aromatic heterocycles. The highest BCUT2D eigenvalue weighted by Crippen LogP contribution is 2.45. The summed E-state index contributed by atoms with van der Waals surface area (Å²) < 4.78 is 11.2. The summed E-state index contributed by atoms with van der Waals surface area (Å²) in [4.78, 5) is 15.4. The van der Waals surface area contributed by atoms with Crippen LogP contribution in [0.3, 0.4) is 0 Å². The zero-order valence-corrected chi connectivity index (χ0v) is 16.9. The fourth-order valence-electron chi connectivity index (χ4n) is 4.44. The molecule has 3 aromatic rings. The topological polar surface area (TPSA) is 54.7 Å². The van der Waals surface area contributed by atoms with Gasteiger partial charge in [-0.2, -0.15) is 0 Å². The molecule has 0 radical (unpaired) electrons. The predicted octanol–water partition coefficient (Wildman–Crippen LogP) is 5.47. The molecule has 0 spiro atoms. The van der Waals surface area contributed by atoms with Crippen LogP contribution in [0.1, 0.15) is 36.6 Å². The molecule has 0 saturated heterocycles. The number of fused-ring (bicyclic) bond motifs is 1. The average Bonchev–Trinajstić information content (AvgIpc) is 3.26. The Labute approximate surface area is 176 Å². The van der Waals surface area contributed by atoms with Gasteiger partial charge in [0.05, 0.1) is 24.7 Å². The molecule has 0 fully saturated rings. The third kappa shape index (κ3) is 3.26. The lowest BCUT2D eigenvalue weighted by Gasteiger charge is -2.34. The third-order valence-corrected chi connectivity index (χ3v) is 5.86. The number of hydrogen-bond donors (Lipinski definition) is 1. The molecular weight excluding hydrogens is 376 g/mol. The van der Waals surface area contributed by atoms with Gasteiger partial charge in [-0.1, -0.05) is 24.3 Å². The van der Waals surface area contributed by atoms with Crippen molar-refractivity contribution >= 4 is 17.2 Å². The maximum atomic E-state index is 13.1. The monoisotopic (exact) mass is 400 g/mol. The van der Waals surface area contributed by atoms with Crippen LogP contribution in [0.5, 0.6) is 5.75 Å². The quantitative estimate of drug-likeness (QED) is 0.629. The number of anilines is 2. The van der Waals surface area contributed by atoms with E-state index in [1.165, 1.54) is 0 Å². The molecule has 2 aromatic carbocycles. The van der Waals surface area contributed by atoms with E-state index >= 15 is 0 Å². The van der Waals surface area contributed by atoms with Crippen LogP contribution in [-0.4, -0.2) is 12.9 Å². The molecule has 5 rings (SSSR count). The Bertz CT molecular complexity index is 1080. The van der Waals surface area contributed by atoms with Crippen LogP contribution in [-0.2, 0) is 11.3 Å². The molecule has 2 heterocycles. The van der Waals surface area contributed by atoms with Gasteiger partial charge in [-0.3, -0.25) is 4.79 Å². The number of nitrogens with zero attached hydrogens (tertiary/aromatic N) is 1. The van der Waals surface area contributed by atoms with Gasteiger partial charge in [-0.25, -0.2) is 0 Å². The molecule has 1 N–H and O–H groups in total. The smallest absolute Gasteiger partial charge is 0.163 e. The zero-order chi connectivity index (χ0) is 20.5. The number of hydrogen-bond acceptors (Lipinski definition) is 5. The van der Waals surface area contributed by atoms with Crippen LogP contribution >= 0.6 is 0 Å². The standard InChI is InChI=1S/C25H24N2O3/c1-29-18-13-11-17(12-14-18)16-27-21-8-3-2-6-19(21)26-20-7-4-9-22(28)24(20)25(27)23-10-5-15-30-23/h2-3,5-6,8,10-15,25-26H,4,7,9,16H2,1H3. The second-order valence-electron chi connectivity index (χ2n) is 7.71. The van der Waals surface area contributed by atoms with Gasteiger partial charge in [0.15, 0.2) is 5.78 Å². The van der Waals surface area contributed by atoms with Crippen LogP contribution in [0.25, 0.3) is 0 Å². The van der Waals surface area contributed by atoms with E-state index in [-0.39, 0.29) is 11.8 Å². The van der Waals surface area contributed by atoms with Crippen molar-refractivity contribution in [3.63, 3.8) is 0 Å². The van der Waals surface area contributed by atoms with Crippen molar-refractivity contribution in [2.75, 3.05) is 17.3 Å². The molecule has 152 valence electrons. The molecule has 0 bridgehead atoms. The molecule has 0 amide bonds. The van der Waals surface area contributed by atoms with Crippen LogP contribution in [0.2, 0.25) is 0 Å². The molecule has 0 saturated carbocycles. The molecule has 1 aliphatic heterocycles. The van der Waals surface area contributed by atoms with Crippen molar-refractivity contribution < 1.29 is 13.9 Å². The van der Waals surface area contributed by atoms with Crippen molar-refractivity contribution in [3.05, 3.63) is 89.5 Å². The first-order valence-electron chi connectivity index (χ1n) is 10.3. The summed E-state index contributed by atoms with van der Waals surface area (Å²) in [5.74, 6) is 1.80. The van der Waals surface area contributed by atoms with E-state index < -0.39 is 0 Å². The summed E-state index contributed by atoms with van der Waals surface area (Å²) in [6.07, 6.45) is 3.99. The van der Waals surface area contributed by atoms with Gasteiger partial charge in [-0.05, 0) is 54.8 Å². The summed E-state index contributed by atoms with van der Waals surface area (Å²) in [6, 6.07) is 19.9. The lowest BCUT2D eigenvalue weighted by molar-refractivity contribution is -0.116. The third-order valence-electron chi connectivity index (χ3n) is 5.86. The fraction of sp³-hybridized carbons (Fsp3) is 0.240. The number of furan rings is 1. The summed E-state index contributed by atoms with van der Waals surface area (Å²) in [7, 11) is 1.67. The number of benzene rings is 2. The highest BCUT2D eigenvalue weighted by atomic mass is 16.5. The number of rotatable bonds is 4. The van der Waals surface area contributed by atoms with Gasteiger partial charge >= 0.3 is 0 Å². The van der Waals surface area contributed by atoms with Crippen molar-refractivity contribution in [2.45, 2.75) is 31.8 Å². The van der Waals surface area contributed by atoms with Crippen molar-refractivity contribution in [1.29, 1.82) is 0 Å². The minimum atomic E-state index is -0.277. The molecule has 1 atom stereocenters. The minimum absolute atomic E-state index is 0.192. The normalized spacial score (nSPS) is 18.4. The number of Topliss-reactive ketones (excluding diaryl/α,β-unsaturated/α-hetero) is 1. The first-order chi connectivity index (χ1) is 14.7. The largest absolute Gasteiger partial charge is 0.497 e. The Morgan fingerprint density at radius 3 is 2.67 bits per heavy atom. The SMILES string of the molecule is COc1ccc(CN2c3ccccc3NC3=C(C(=O)CCC3)C2c2ccco2)cc1. The number of carbonyl (C=O) groups is 1. The molecule has 5 nitrogen and oxygen atoms in total.